The molecule has 6 heteroatoms. The lowest BCUT2D eigenvalue weighted by Gasteiger charge is -2.36. The summed E-state index contributed by atoms with van der Waals surface area (Å²) in [5.74, 6) is -1.40. The van der Waals surface area contributed by atoms with Crippen LogP contribution in [0.1, 0.15) is 51.4 Å². The first-order valence-electron chi connectivity index (χ1n) is 7.75. The standard InChI is InChI=1S/C15H24N2O4/c16-13(19)11-4-8-17(9-5-11)12(18)10-15(14(20)21)6-2-1-3-7-15/h11H,1-10H2,(H2,16,19)(H,20,21). The lowest BCUT2D eigenvalue weighted by Crippen LogP contribution is -2.45. The average Bonchev–Trinajstić information content (AvgIpc) is 2.48. The van der Waals surface area contributed by atoms with Crippen molar-refractivity contribution >= 4 is 17.8 Å². The number of amides is 2. The highest BCUT2D eigenvalue weighted by atomic mass is 16.4. The molecule has 2 amide bonds. The molecule has 1 saturated carbocycles. The van der Waals surface area contributed by atoms with Crippen LogP contribution in [0.2, 0.25) is 0 Å². The summed E-state index contributed by atoms with van der Waals surface area (Å²) in [7, 11) is 0. The van der Waals surface area contributed by atoms with E-state index >= 15 is 0 Å². The highest BCUT2D eigenvalue weighted by Gasteiger charge is 2.42. The van der Waals surface area contributed by atoms with Gasteiger partial charge in [0.1, 0.15) is 0 Å². The van der Waals surface area contributed by atoms with E-state index in [1.165, 1.54) is 0 Å². The van der Waals surface area contributed by atoms with E-state index < -0.39 is 11.4 Å². The molecule has 2 rings (SSSR count). The van der Waals surface area contributed by atoms with Gasteiger partial charge < -0.3 is 15.7 Å². The van der Waals surface area contributed by atoms with E-state index in [0.29, 0.717) is 38.8 Å². The number of nitrogens with zero attached hydrogens (tertiary/aromatic N) is 1. The van der Waals surface area contributed by atoms with E-state index in [2.05, 4.69) is 0 Å². The van der Waals surface area contributed by atoms with Crippen molar-refractivity contribution in [1.82, 2.24) is 4.90 Å². The van der Waals surface area contributed by atoms with Crippen molar-refractivity contribution in [2.75, 3.05) is 13.1 Å². The molecule has 1 heterocycles. The van der Waals surface area contributed by atoms with Crippen LogP contribution in [0.15, 0.2) is 0 Å². The van der Waals surface area contributed by atoms with Crippen LogP contribution < -0.4 is 5.73 Å². The van der Waals surface area contributed by atoms with E-state index in [0.717, 1.165) is 19.3 Å². The van der Waals surface area contributed by atoms with Gasteiger partial charge in [-0.15, -0.1) is 0 Å². The van der Waals surface area contributed by atoms with E-state index in [1.54, 1.807) is 4.90 Å². The lowest BCUT2D eigenvalue weighted by molar-refractivity contribution is -0.156. The maximum atomic E-state index is 12.4. The van der Waals surface area contributed by atoms with Crippen molar-refractivity contribution in [1.29, 1.82) is 0 Å². The Bertz CT molecular complexity index is 421. The number of hydrogen-bond donors (Lipinski definition) is 2. The fourth-order valence-corrected chi connectivity index (χ4v) is 3.51. The SMILES string of the molecule is NC(=O)C1CCN(C(=O)CC2(C(=O)O)CCCCC2)CC1. The number of carboxylic acid groups (broad SMARTS) is 1. The Balaban J connectivity index is 1.94. The first-order valence-corrected chi connectivity index (χ1v) is 7.75. The maximum absolute atomic E-state index is 12.4. The summed E-state index contributed by atoms with van der Waals surface area (Å²) in [4.78, 5) is 36.8. The van der Waals surface area contributed by atoms with Crippen molar-refractivity contribution < 1.29 is 19.5 Å². The Morgan fingerprint density at radius 3 is 2.14 bits per heavy atom. The number of carboxylic acids is 1. The van der Waals surface area contributed by atoms with Crippen LogP contribution in [0.4, 0.5) is 0 Å². The monoisotopic (exact) mass is 296 g/mol. The number of likely N-dealkylation sites (tertiary alicyclic amines) is 1. The number of piperidine rings is 1. The summed E-state index contributed by atoms with van der Waals surface area (Å²) in [6, 6.07) is 0. The van der Waals surface area contributed by atoms with E-state index in [1.807, 2.05) is 0 Å². The van der Waals surface area contributed by atoms with Crippen LogP contribution in [-0.4, -0.2) is 40.9 Å². The zero-order valence-corrected chi connectivity index (χ0v) is 12.3. The van der Waals surface area contributed by atoms with Gasteiger partial charge in [0.05, 0.1) is 5.41 Å². The van der Waals surface area contributed by atoms with Crippen molar-refractivity contribution in [2.45, 2.75) is 51.4 Å². The lowest BCUT2D eigenvalue weighted by atomic mass is 9.71. The summed E-state index contributed by atoms with van der Waals surface area (Å²) < 4.78 is 0. The van der Waals surface area contributed by atoms with Gasteiger partial charge in [-0.05, 0) is 25.7 Å². The largest absolute Gasteiger partial charge is 0.481 e. The second-order valence-corrected chi connectivity index (χ2v) is 6.38. The maximum Gasteiger partial charge on any atom is 0.310 e. The second kappa shape index (κ2) is 6.45. The quantitative estimate of drug-likeness (QED) is 0.812. The molecular weight excluding hydrogens is 272 g/mol. The Kier molecular flexibility index (Phi) is 4.85. The average molecular weight is 296 g/mol. The Morgan fingerprint density at radius 1 is 1.10 bits per heavy atom. The molecule has 0 aromatic carbocycles. The Labute approximate surface area is 124 Å². The van der Waals surface area contributed by atoms with Crippen LogP contribution in [0, 0.1) is 11.3 Å². The number of primary amides is 1. The van der Waals surface area contributed by atoms with Gasteiger partial charge in [0.2, 0.25) is 11.8 Å². The molecule has 2 fully saturated rings. The van der Waals surface area contributed by atoms with E-state index in [4.69, 9.17) is 5.73 Å². The second-order valence-electron chi connectivity index (χ2n) is 6.38. The predicted molar refractivity (Wildman–Crippen MR) is 76.3 cm³/mol. The van der Waals surface area contributed by atoms with Gasteiger partial charge in [0.25, 0.3) is 0 Å². The minimum Gasteiger partial charge on any atom is -0.481 e. The molecule has 0 aromatic heterocycles. The first-order chi connectivity index (χ1) is 9.94. The molecule has 3 N–H and O–H groups in total. The highest BCUT2D eigenvalue weighted by Crippen LogP contribution is 2.40. The Hall–Kier alpha value is -1.59. The molecule has 1 saturated heterocycles. The number of carbonyl (C=O) groups excluding carboxylic acids is 2. The normalized spacial score (nSPS) is 22.8. The summed E-state index contributed by atoms with van der Waals surface area (Å²) in [6.45, 7) is 1.00. The smallest absolute Gasteiger partial charge is 0.310 e. The molecule has 21 heavy (non-hydrogen) atoms. The van der Waals surface area contributed by atoms with Crippen LogP contribution in [-0.2, 0) is 14.4 Å². The van der Waals surface area contributed by atoms with Crippen LogP contribution in [0.3, 0.4) is 0 Å². The third-order valence-electron chi connectivity index (χ3n) is 5.00. The fraction of sp³-hybridized carbons (Fsp3) is 0.800. The van der Waals surface area contributed by atoms with Gasteiger partial charge in [0, 0.05) is 25.4 Å². The summed E-state index contributed by atoms with van der Waals surface area (Å²) in [6.07, 6.45) is 5.24. The van der Waals surface area contributed by atoms with Crippen LogP contribution >= 0.6 is 0 Å². The third-order valence-corrected chi connectivity index (χ3v) is 5.00. The molecule has 0 aromatic rings. The molecule has 0 unspecified atom stereocenters. The minimum absolute atomic E-state index is 0.0869. The molecule has 0 radical (unpaired) electrons. The van der Waals surface area contributed by atoms with Gasteiger partial charge in [-0.2, -0.15) is 0 Å². The van der Waals surface area contributed by atoms with Crippen molar-refractivity contribution in [3.05, 3.63) is 0 Å². The predicted octanol–water partition coefficient (Wildman–Crippen LogP) is 1.14. The van der Waals surface area contributed by atoms with Crippen molar-refractivity contribution in [2.24, 2.45) is 17.1 Å². The zero-order valence-electron chi connectivity index (χ0n) is 12.3. The minimum atomic E-state index is -0.879. The fourth-order valence-electron chi connectivity index (χ4n) is 3.51. The van der Waals surface area contributed by atoms with Gasteiger partial charge in [0.15, 0.2) is 0 Å². The molecule has 1 aliphatic carbocycles. The highest BCUT2D eigenvalue weighted by molar-refractivity contribution is 5.85. The molecule has 1 aliphatic heterocycles. The van der Waals surface area contributed by atoms with Crippen molar-refractivity contribution in [3.63, 3.8) is 0 Å². The molecular formula is C15H24N2O4. The summed E-state index contributed by atoms with van der Waals surface area (Å²) >= 11 is 0. The van der Waals surface area contributed by atoms with Gasteiger partial charge in [-0.1, -0.05) is 19.3 Å². The Morgan fingerprint density at radius 2 is 1.67 bits per heavy atom. The van der Waals surface area contributed by atoms with Crippen LogP contribution in [0.25, 0.3) is 0 Å². The number of hydrogen-bond acceptors (Lipinski definition) is 3. The number of nitrogens with two attached hydrogens (primary N) is 1. The molecule has 2 aliphatic rings. The van der Waals surface area contributed by atoms with Gasteiger partial charge >= 0.3 is 5.97 Å². The molecule has 118 valence electrons. The molecule has 0 bridgehead atoms. The molecule has 0 atom stereocenters. The zero-order chi connectivity index (χ0) is 15.5. The van der Waals surface area contributed by atoms with Gasteiger partial charge in [-0.3, -0.25) is 14.4 Å². The summed E-state index contributed by atoms with van der Waals surface area (Å²) in [5.41, 5.74) is 4.40. The number of aliphatic carboxylic acids is 1. The van der Waals surface area contributed by atoms with Crippen molar-refractivity contribution in [3.8, 4) is 0 Å². The van der Waals surface area contributed by atoms with E-state index in [9.17, 15) is 19.5 Å². The summed E-state index contributed by atoms with van der Waals surface area (Å²) in [5, 5.41) is 9.52. The third kappa shape index (κ3) is 3.54. The molecule has 6 nitrogen and oxygen atoms in total. The number of rotatable bonds is 4. The van der Waals surface area contributed by atoms with Crippen LogP contribution in [0.5, 0.6) is 0 Å². The number of carbonyl (C=O) groups is 3. The van der Waals surface area contributed by atoms with Gasteiger partial charge in [-0.25, -0.2) is 0 Å². The molecule has 0 spiro atoms. The first kappa shape index (κ1) is 15.8. The van der Waals surface area contributed by atoms with E-state index in [-0.39, 0.29) is 24.2 Å². The topological polar surface area (TPSA) is 101 Å².